The molecule has 0 amide bonds. The zero-order valence-corrected chi connectivity index (χ0v) is 12.8. The second-order valence-corrected chi connectivity index (χ2v) is 6.91. The van der Waals surface area contributed by atoms with Crippen molar-refractivity contribution in [2.75, 3.05) is 24.5 Å². The summed E-state index contributed by atoms with van der Waals surface area (Å²) in [5.41, 5.74) is 7.34. The van der Waals surface area contributed by atoms with Gasteiger partial charge in [-0.1, -0.05) is 30.3 Å². The molecule has 4 rings (SSSR count). The summed E-state index contributed by atoms with van der Waals surface area (Å²) in [7, 11) is 0. The molecule has 1 saturated heterocycles. The number of piperazine rings is 1. The van der Waals surface area contributed by atoms with Crippen molar-refractivity contribution >= 4 is 5.69 Å². The fourth-order valence-corrected chi connectivity index (χ4v) is 3.69. The van der Waals surface area contributed by atoms with Crippen LogP contribution in [-0.4, -0.2) is 25.2 Å². The van der Waals surface area contributed by atoms with E-state index in [9.17, 15) is 0 Å². The summed E-state index contributed by atoms with van der Waals surface area (Å²) in [6.45, 7) is 7.78. The van der Waals surface area contributed by atoms with E-state index in [0.29, 0.717) is 0 Å². The van der Waals surface area contributed by atoms with Gasteiger partial charge in [0.25, 0.3) is 0 Å². The molecule has 2 heteroatoms. The predicted octanol–water partition coefficient (Wildman–Crippen LogP) is 3.45. The normalized spacial score (nSPS) is 19.2. The molecule has 1 heterocycles. The molecule has 0 unspecified atom stereocenters. The first-order valence-electron chi connectivity index (χ1n) is 7.84. The molecule has 108 valence electrons. The molecular weight excluding hydrogens is 256 g/mol. The molecule has 2 nitrogen and oxygen atoms in total. The first kappa shape index (κ1) is 12.9. The third kappa shape index (κ3) is 2.24. The highest BCUT2D eigenvalue weighted by Gasteiger charge is 2.26. The van der Waals surface area contributed by atoms with Gasteiger partial charge >= 0.3 is 0 Å². The summed E-state index contributed by atoms with van der Waals surface area (Å²) in [5, 5.41) is 3.58. The average Bonchev–Trinajstić information content (AvgIpc) is 2.83. The van der Waals surface area contributed by atoms with Crippen LogP contribution in [0.15, 0.2) is 42.5 Å². The number of rotatable bonds is 1. The molecule has 1 aliphatic carbocycles. The fraction of sp³-hybridized carbons (Fsp3) is 0.368. The standard InChI is InChI=1S/C19H22N2/c1-19(2)13-21(10-9-20-19)16-7-8-18-15(12-16)11-14-5-3-4-6-17(14)18/h3-8,12,20H,9-11,13H2,1-2H3. The molecule has 1 N–H and O–H groups in total. The van der Waals surface area contributed by atoms with Crippen LogP contribution in [0.2, 0.25) is 0 Å². The van der Waals surface area contributed by atoms with Crippen LogP contribution in [0.25, 0.3) is 11.1 Å². The SMILES string of the molecule is CC1(C)CN(c2ccc3c(c2)Cc2ccccc2-3)CCN1. The van der Waals surface area contributed by atoms with Gasteiger partial charge in [0.05, 0.1) is 0 Å². The number of fused-ring (bicyclic) bond motifs is 3. The Morgan fingerprint density at radius 3 is 2.67 bits per heavy atom. The number of hydrogen-bond acceptors (Lipinski definition) is 2. The van der Waals surface area contributed by atoms with Crippen LogP contribution in [0.4, 0.5) is 5.69 Å². The van der Waals surface area contributed by atoms with E-state index in [1.54, 1.807) is 0 Å². The van der Waals surface area contributed by atoms with E-state index in [1.165, 1.54) is 27.9 Å². The topological polar surface area (TPSA) is 15.3 Å². The maximum Gasteiger partial charge on any atom is 0.0370 e. The molecule has 0 spiro atoms. The minimum Gasteiger partial charge on any atom is -0.368 e. The highest BCUT2D eigenvalue weighted by atomic mass is 15.2. The summed E-state index contributed by atoms with van der Waals surface area (Å²) < 4.78 is 0. The van der Waals surface area contributed by atoms with Crippen molar-refractivity contribution < 1.29 is 0 Å². The molecule has 0 saturated carbocycles. The maximum absolute atomic E-state index is 3.58. The van der Waals surface area contributed by atoms with Gasteiger partial charge in [0, 0.05) is 30.9 Å². The van der Waals surface area contributed by atoms with Gasteiger partial charge in [0.15, 0.2) is 0 Å². The Morgan fingerprint density at radius 2 is 1.81 bits per heavy atom. The Hall–Kier alpha value is -1.80. The third-order valence-corrected chi connectivity index (χ3v) is 4.71. The lowest BCUT2D eigenvalue weighted by Gasteiger charge is -2.40. The molecule has 2 aliphatic rings. The molecule has 2 aromatic carbocycles. The number of nitrogens with one attached hydrogen (secondary N) is 1. The quantitative estimate of drug-likeness (QED) is 0.733. The minimum atomic E-state index is 0.195. The Morgan fingerprint density at radius 1 is 1.00 bits per heavy atom. The molecular formula is C19H22N2. The van der Waals surface area contributed by atoms with Crippen LogP contribution in [0.5, 0.6) is 0 Å². The van der Waals surface area contributed by atoms with Crippen molar-refractivity contribution in [3.05, 3.63) is 53.6 Å². The first-order valence-corrected chi connectivity index (χ1v) is 7.84. The zero-order chi connectivity index (χ0) is 14.4. The number of hydrogen-bond donors (Lipinski definition) is 1. The van der Waals surface area contributed by atoms with E-state index < -0.39 is 0 Å². The Kier molecular flexibility index (Phi) is 2.83. The lowest BCUT2D eigenvalue weighted by Crippen LogP contribution is -2.57. The molecule has 2 aromatic rings. The monoisotopic (exact) mass is 278 g/mol. The Bertz CT molecular complexity index is 688. The average molecular weight is 278 g/mol. The van der Waals surface area contributed by atoms with E-state index in [0.717, 1.165) is 26.1 Å². The van der Waals surface area contributed by atoms with Crippen molar-refractivity contribution in [1.29, 1.82) is 0 Å². The molecule has 1 fully saturated rings. The first-order chi connectivity index (χ1) is 10.1. The highest BCUT2D eigenvalue weighted by Crippen LogP contribution is 2.38. The number of benzene rings is 2. The van der Waals surface area contributed by atoms with Gasteiger partial charge in [-0.3, -0.25) is 0 Å². The van der Waals surface area contributed by atoms with E-state index in [-0.39, 0.29) is 5.54 Å². The van der Waals surface area contributed by atoms with Gasteiger partial charge in [0.2, 0.25) is 0 Å². The fourth-order valence-electron chi connectivity index (χ4n) is 3.69. The Balaban J connectivity index is 1.67. The molecule has 0 bridgehead atoms. The lowest BCUT2D eigenvalue weighted by molar-refractivity contribution is 0.353. The predicted molar refractivity (Wildman–Crippen MR) is 89.0 cm³/mol. The van der Waals surface area contributed by atoms with Crippen molar-refractivity contribution in [3.63, 3.8) is 0 Å². The molecule has 21 heavy (non-hydrogen) atoms. The largest absolute Gasteiger partial charge is 0.368 e. The van der Waals surface area contributed by atoms with Crippen molar-refractivity contribution in [3.8, 4) is 11.1 Å². The lowest BCUT2D eigenvalue weighted by atomic mass is 10.0. The van der Waals surface area contributed by atoms with Gasteiger partial charge in [-0.15, -0.1) is 0 Å². The van der Waals surface area contributed by atoms with Gasteiger partial charge in [0.1, 0.15) is 0 Å². The van der Waals surface area contributed by atoms with E-state index in [4.69, 9.17) is 0 Å². The smallest absolute Gasteiger partial charge is 0.0370 e. The van der Waals surface area contributed by atoms with Crippen LogP contribution in [0.1, 0.15) is 25.0 Å². The van der Waals surface area contributed by atoms with E-state index in [2.05, 4.69) is 66.5 Å². The van der Waals surface area contributed by atoms with Crippen molar-refractivity contribution in [1.82, 2.24) is 5.32 Å². The van der Waals surface area contributed by atoms with E-state index in [1.807, 2.05) is 0 Å². The second-order valence-electron chi connectivity index (χ2n) is 6.91. The summed E-state index contributed by atoms with van der Waals surface area (Å²) in [6.07, 6.45) is 1.08. The highest BCUT2D eigenvalue weighted by molar-refractivity contribution is 5.78. The van der Waals surface area contributed by atoms with Crippen molar-refractivity contribution in [2.24, 2.45) is 0 Å². The van der Waals surface area contributed by atoms with Crippen molar-refractivity contribution in [2.45, 2.75) is 25.8 Å². The summed E-state index contributed by atoms with van der Waals surface area (Å²) in [6, 6.07) is 15.8. The number of anilines is 1. The second kappa shape index (κ2) is 4.60. The minimum absolute atomic E-state index is 0.195. The van der Waals surface area contributed by atoms with Crippen LogP contribution >= 0.6 is 0 Å². The van der Waals surface area contributed by atoms with E-state index >= 15 is 0 Å². The van der Waals surface area contributed by atoms with Crippen LogP contribution in [0.3, 0.4) is 0 Å². The Labute approximate surface area is 126 Å². The zero-order valence-electron chi connectivity index (χ0n) is 12.8. The van der Waals surface area contributed by atoms with Gasteiger partial charge < -0.3 is 10.2 Å². The maximum atomic E-state index is 3.58. The summed E-state index contributed by atoms with van der Waals surface area (Å²) in [5.74, 6) is 0. The number of nitrogens with zero attached hydrogens (tertiary/aromatic N) is 1. The molecule has 0 atom stereocenters. The van der Waals surface area contributed by atoms with Crippen LogP contribution in [-0.2, 0) is 6.42 Å². The molecule has 0 aromatic heterocycles. The molecule has 0 radical (unpaired) electrons. The van der Waals surface area contributed by atoms with Gasteiger partial charge in [-0.05, 0) is 54.7 Å². The summed E-state index contributed by atoms with van der Waals surface area (Å²) >= 11 is 0. The van der Waals surface area contributed by atoms with Gasteiger partial charge in [-0.25, -0.2) is 0 Å². The van der Waals surface area contributed by atoms with Crippen LogP contribution in [0, 0.1) is 0 Å². The molecule has 1 aliphatic heterocycles. The summed E-state index contributed by atoms with van der Waals surface area (Å²) in [4.78, 5) is 2.51. The third-order valence-electron chi connectivity index (χ3n) is 4.71. The van der Waals surface area contributed by atoms with Gasteiger partial charge in [-0.2, -0.15) is 0 Å². The van der Waals surface area contributed by atoms with Crippen LogP contribution < -0.4 is 10.2 Å².